The Bertz CT molecular complexity index is 476. The minimum Gasteiger partial charge on any atom is -0.337 e. The van der Waals surface area contributed by atoms with Gasteiger partial charge in [-0.1, -0.05) is 0 Å². The molecule has 1 amide bonds. The molecule has 0 aromatic carbocycles. The van der Waals surface area contributed by atoms with Crippen molar-refractivity contribution in [2.24, 2.45) is 0 Å². The normalized spacial score (nSPS) is 24.2. The number of hydrogen-bond acceptors (Lipinski definition) is 4. The van der Waals surface area contributed by atoms with Crippen LogP contribution in [0.25, 0.3) is 0 Å². The molecule has 0 bridgehead atoms. The Morgan fingerprint density at radius 3 is 2.86 bits per heavy atom. The zero-order valence-corrected chi connectivity index (χ0v) is 13.4. The number of aromatic nitrogens is 2. The first kappa shape index (κ1) is 14.9. The molecule has 2 fully saturated rings. The minimum absolute atomic E-state index is 0.0945. The molecule has 1 unspecified atom stereocenters. The average molecular weight is 308 g/mol. The molecule has 1 aromatic rings. The van der Waals surface area contributed by atoms with Gasteiger partial charge in [-0.25, -0.2) is 0 Å². The molecule has 1 atom stereocenters. The van der Waals surface area contributed by atoms with Crippen LogP contribution < -0.4 is 5.32 Å². The maximum Gasteiger partial charge on any atom is 0.274 e. The molecule has 0 saturated carbocycles. The fourth-order valence-corrected chi connectivity index (χ4v) is 3.85. The summed E-state index contributed by atoms with van der Waals surface area (Å²) >= 11 is 1.91. The number of carbonyl (C=O) groups excluding carboxylic acids is 1. The van der Waals surface area contributed by atoms with Crippen molar-refractivity contribution < 1.29 is 4.79 Å². The van der Waals surface area contributed by atoms with Crippen molar-refractivity contribution in [2.45, 2.75) is 37.0 Å². The molecule has 0 aliphatic carbocycles. The fourth-order valence-electron chi connectivity index (χ4n) is 3.17. The van der Waals surface area contributed by atoms with Crippen molar-refractivity contribution in [3.63, 3.8) is 0 Å². The van der Waals surface area contributed by atoms with Gasteiger partial charge in [0.1, 0.15) is 5.69 Å². The topological polar surface area (TPSA) is 50.2 Å². The van der Waals surface area contributed by atoms with E-state index < -0.39 is 0 Å². The van der Waals surface area contributed by atoms with Gasteiger partial charge in [0, 0.05) is 31.1 Å². The number of hydrogen-bond donors (Lipinski definition) is 1. The van der Waals surface area contributed by atoms with Crippen molar-refractivity contribution in [3.05, 3.63) is 18.0 Å². The van der Waals surface area contributed by atoms with Crippen LogP contribution in [0.3, 0.4) is 0 Å². The van der Waals surface area contributed by atoms with Gasteiger partial charge in [-0.3, -0.25) is 9.48 Å². The van der Waals surface area contributed by atoms with E-state index in [9.17, 15) is 4.79 Å². The van der Waals surface area contributed by atoms with Crippen molar-refractivity contribution in [3.8, 4) is 0 Å². The van der Waals surface area contributed by atoms with Crippen molar-refractivity contribution in [1.29, 1.82) is 0 Å². The molecule has 116 valence electrons. The van der Waals surface area contributed by atoms with E-state index in [1.165, 1.54) is 6.42 Å². The lowest BCUT2D eigenvalue weighted by Crippen LogP contribution is -2.39. The highest BCUT2D eigenvalue weighted by molar-refractivity contribution is 7.99. The molecule has 5 nitrogen and oxygen atoms in total. The molecule has 1 aromatic heterocycles. The van der Waals surface area contributed by atoms with Gasteiger partial charge >= 0.3 is 0 Å². The van der Waals surface area contributed by atoms with Gasteiger partial charge in [-0.15, -0.1) is 0 Å². The second-order valence-corrected chi connectivity index (χ2v) is 7.05. The van der Waals surface area contributed by atoms with Crippen LogP contribution >= 0.6 is 11.8 Å². The van der Waals surface area contributed by atoms with Gasteiger partial charge in [0.2, 0.25) is 0 Å². The number of amides is 1. The number of nitrogens with zero attached hydrogens (tertiary/aromatic N) is 3. The molecule has 21 heavy (non-hydrogen) atoms. The van der Waals surface area contributed by atoms with Gasteiger partial charge in [0.25, 0.3) is 5.91 Å². The highest BCUT2D eigenvalue weighted by Crippen LogP contribution is 2.22. The molecule has 3 rings (SSSR count). The van der Waals surface area contributed by atoms with Gasteiger partial charge in [0.15, 0.2) is 0 Å². The summed E-state index contributed by atoms with van der Waals surface area (Å²) in [5.41, 5.74) is 0.600. The van der Waals surface area contributed by atoms with Gasteiger partial charge in [0.05, 0.1) is 6.04 Å². The summed E-state index contributed by atoms with van der Waals surface area (Å²) in [5.74, 6) is 0.0945. The Labute approximate surface area is 130 Å². The first-order chi connectivity index (χ1) is 10.3. The predicted molar refractivity (Wildman–Crippen MR) is 85.8 cm³/mol. The average Bonchev–Trinajstić information content (AvgIpc) is 3.05. The lowest BCUT2D eigenvalue weighted by molar-refractivity contribution is 0.0720. The smallest absolute Gasteiger partial charge is 0.274 e. The van der Waals surface area contributed by atoms with Crippen LogP contribution in [0.1, 0.15) is 42.2 Å². The molecule has 2 aliphatic rings. The van der Waals surface area contributed by atoms with Crippen LogP contribution in [0.15, 0.2) is 12.3 Å². The van der Waals surface area contributed by atoms with E-state index in [0.717, 1.165) is 45.4 Å². The quantitative estimate of drug-likeness (QED) is 0.925. The standard InChI is InChI=1S/C15H24N4OS/c1-21-13-4-8-18(9-5-13)15(20)14-6-10-19(17-14)12-3-2-7-16-11-12/h6,10,12-13,16H,2-5,7-9,11H2,1H3. The maximum atomic E-state index is 12.5. The summed E-state index contributed by atoms with van der Waals surface area (Å²) in [6.07, 6.45) is 8.62. The number of nitrogens with one attached hydrogen (secondary N) is 1. The third-order valence-electron chi connectivity index (χ3n) is 4.53. The van der Waals surface area contributed by atoms with Crippen LogP contribution in [0, 0.1) is 0 Å². The highest BCUT2D eigenvalue weighted by Gasteiger charge is 2.25. The zero-order valence-electron chi connectivity index (χ0n) is 12.6. The third-order valence-corrected chi connectivity index (χ3v) is 5.67. The summed E-state index contributed by atoms with van der Waals surface area (Å²) in [5, 5.41) is 8.62. The monoisotopic (exact) mass is 308 g/mol. The maximum absolute atomic E-state index is 12.5. The summed E-state index contributed by atoms with van der Waals surface area (Å²) in [7, 11) is 0. The molecule has 0 spiro atoms. The zero-order chi connectivity index (χ0) is 14.7. The number of piperidine rings is 2. The Hall–Kier alpha value is -1.01. The Kier molecular flexibility index (Phi) is 4.85. The summed E-state index contributed by atoms with van der Waals surface area (Å²) in [6.45, 7) is 3.77. The number of carbonyl (C=O) groups is 1. The van der Waals surface area contributed by atoms with Gasteiger partial charge < -0.3 is 10.2 Å². The fraction of sp³-hybridized carbons (Fsp3) is 0.733. The van der Waals surface area contributed by atoms with Crippen LogP contribution in [0.4, 0.5) is 0 Å². The second kappa shape index (κ2) is 6.83. The van der Waals surface area contributed by atoms with E-state index in [1.54, 1.807) is 0 Å². The Morgan fingerprint density at radius 1 is 1.38 bits per heavy atom. The Balaban J connectivity index is 1.61. The van der Waals surface area contributed by atoms with Crippen molar-refractivity contribution in [1.82, 2.24) is 20.0 Å². The molecule has 2 saturated heterocycles. The van der Waals surface area contributed by atoms with Crippen LogP contribution in [-0.2, 0) is 0 Å². The first-order valence-electron chi connectivity index (χ1n) is 7.86. The first-order valence-corrected chi connectivity index (χ1v) is 9.14. The molecular formula is C15H24N4OS. The van der Waals surface area contributed by atoms with Crippen LogP contribution in [0.5, 0.6) is 0 Å². The summed E-state index contributed by atoms with van der Waals surface area (Å²) in [4.78, 5) is 14.5. The lowest BCUT2D eigenvalue weighted by Gasteiger charge is -2.30. The predicted octanol–water partition coefficient (Wildman–Crippen LogP) is 1.78. The molecule has 1 N–H and O–H groups in total. The second-order valence-electron chi connectivity index (χ2n) is 5.91. The lowest BCUT2D eigenvalue weighted by atomic mass is 10.1. The molecule has 6 heteroatoms. The molecule has 3 heterocycles. The van der Waals surface area contributed by atoms with E-state index in [1.807, 2.05) is 33.6 Å². The summed E-state index contributed by atoms with van der Waals surface area (Å²) < 4.78 is 1.97. The Morgan fingerprint density at radius 2 is 2.19 bits per heavy atom. The number of thioether (sulfide) groups is 1. The summed E-state index contributed by atoms with van der Waals surface area (Å²) in [6, 6.07) is 2.26. The van der Waals surface area contributed by atoms with Gasteiger partial charge in [-0.2, -0.15) is 16.9 Å². The van der Waals surface area contributed by atoms with E-state index >= 15 is 0 Å². The minimum atomic E-state index is 0.0945. The van der Waals surface area contributed by atoms with E-state index in [0.29, 0.717) is 17.0 Å². The number of likely N-dealkylation sites (tertiary alicyclic amines) is 1. The largest absolute Gasteiger partial charge is 0.337 e. The SMILES string of the molecule is CSC1CCN(C(=O)c2ccn(C3CCCNC3)n2)CC1. The van der Waals surface area contributed by atoms with E-state index in [2.05, 4.69) is 16.7 Å². The van der Waals surface area contributed by atoms with E-state index in [-0.39, 0.29) is 5.91 Å². The molecule has 2 aliphatic heterocycles. The van der Waals surface area contributed by atoms with Crippen LogP contribution in [0.2, 0.25) is 0 Å². The third kappa shape index (κ3) is 3.43. The highest BCUT2D eigenvalue weighted by atomic mass is 32.2. The van der Waals surface area contributed by atoms with E-state index in [4.69, 9.17) is 0 Å². The molecule has 0 radical (unpaired) electrons. The van der Waals surface area contributed by atoms with Crippen LogP contribution in [-0.4, -0.2) is 58.3 Å². The van der Waals surface area contributed by atoms with Crippen molar-refractivity contribution in [2.75, 3.05) is 32.4 Å². The van der Waals surface area contributed by atoms with Crippen molar-refractivity contribution >= 4 is 17.7 Å². The molecular weight excluding hydrogens is 284 g/mol. The number of rotatable bonds is 3. The van der Waals surface area contributed by atoms with Gasteiger partial charge in [-0.05, 0) is 44.6 Å².